The van der Waals surface area contributed by atoms with Crippen LogP contribution in [0.1, 0.15) is 23.6 Å². The second-order valence-electron chi connectivity index (χ2n) is 6.87. The van der Waals surface area contributed by atoms with Crippen LogP contribution in [0.25, 0.3) is 22.3 Å². The fraction of sp³-hybridized carbons (Fsp3) is 0.286. The predicted molar refractivity (Wildman–Crippen MR) is 98.6 cm³/mol. The van der Waals surface area contributed by atoms with Crippen LogP contribution < -0.4 is 0 Å². The zero-order valence-corrected chi connectivity index (χ0v) is 15.2. The molecule has 4 nitrogen and oxygen atoms in total. The monoisotopic (exact) mass is 388 g/mol. The molecule has 0 aliphatic heterocycles. The minimum absolute atomic E-state index is 0.181. The molecule has 0 saturated carbocycles. The summed E-state index contributed by atoms with van der Waals surface area (Å²) < 4.78 is 44.0. The Hall–Kier alpha value is -2.64. The van der Waals surface area contributed by atoms with Crippen molar-refractivity contribution in [2.24, 2.45) is 0 Å². The Bertz CT molecular complexity index is 1040. The molecular weight excluding hydrogens is 369 g/mol. The first kappa shape index (κ1) is 18.7. The molecule has 1 unspecified atom stereocenters. The van der Waals surface area contributed by atoms with Crippen LogP contribution >= 0.6 is 0 Å². The summed E-state index contributed by atoms with van der Waals surface area (Å²) in [5, 5.41) is 24.6. The van der Waals surface area contributed by atoms with Crippen molar-refractivity contribution in [2.75, 3.05) is 6.61 Å². The predicted octanol–water partition coefficient (Wildman–Crippen LogP) is 3.88. The number of fused-ring (bicyclic) bond motifs is 3. The van der Waals surface area contributed by atoms with Gasteiger partial charge in [-0.2, -0.15) is 18.3 Å². The van der Waals surface area contributed by atoms with Gasteiger partial charge in [0.05, 0.1) is 6.20 Å². The van der Waals surface area contributed by atoms with Crippen molar-refractivity contribution < 1.29 is 23.4 Å². The number of rotatable bonds is 4. The number of aromatic nitrogens is 2. The highest BCUT2D eigenvalue weighted by Crippen LogP contribution is 2.56. The molecule has 0 bridgehead atoms. The molecule has 3 aromatic rings. The Morgan fingerprint density at radius 2 is 1.86 bits per heavy atom. The molecule has 1 heterocycles. The van der Waals surface area contributed by atoms with Crippen molar-refractivity contribution in [3.63, 3.8) is 0 Å². The van der Waals surface area contributed by atoms with Gasteiger partial charge in [0.25, 0.3) is 0 Å². The first-order valence-electron chi connectivity index (χ1n) is 9.01. The molecule has 1 aliphatic rings. The number of aliphatic hydroxyl groups excluding tert-OH is 1. The second kappa shape index (κ2) is 6.46. The third kappa shape index (κ3) is 2.57. The Balaban J connectivity index is 2.03. The lowest BCUT2D eigenvalue weighted by Gasteiger charge is -2.29. The van der Waals surface area contributed by atoms with Crippen molar-refractivity contribution in [1.29, 1.82) is 0 Å². The van der Waals surface area contributed by atoms with Crippen LogP contribution in [-0.2, 0) is 18.6 Å². The van der Waals surface area contributed by atoms with Gasteiger partial charge < -0.3 is 10.2 Å². The molecule has 2 aromatic carbocycles. The van der Waals surface area contributed by atoms with Gasteiger partial charge in [-0.3, -0.25) is 4.68 Å². The zero-order chi connectivity index (χ0) is 20.1. The summed E-state index contributed by atoms with van der Waals surface area (Å²) in [5.74, 6) is 0. The van der Waals surface area contributed by atoms with Crippen molar-refractivity contribution in [1.82, 2.24) is 9.78 Å². The summed E-state index contributed by atoms with van der Waals surface area (Å²) in [5.41, 5.74) is -1.05. The number of aryl methyl sites for hydroxylation is 1. The van der Waals surface area contributed by atoms with E-state index in [0.29, 0.717) is 34.4 Å². The maximum absolute atomic E-state index is 14.1. The standard InChI is InChI=1S/C21H19F3N2O2/c1-2-26-12-15(11-25-26)14-9-13(7-8-27)19-16-5-3-4-6-17(16)20(28,18(19)10-14)21(22,23)24/h3-6,9-12,27-28H,2,7-8H2,1H3. The van der Waals surface area contributed by atoms with E-state index in [1.54, 1.807) is 35.3 Å². The molecule has 4 rings (SSSR count). The summed E-state index contributed by atoms with van der Waals surface area (Å²) in [6.07, 6.45) is -1.38. The van der Waals surface area contributed by atoms with Crippen molar-refractivity contribution >= 4 is 0 Å². The minimum Gasteiger partial charge on any atom is -0.396 e. The highest BCUT2D eigenvalue weighted by atomic mass is 19.4. The van der Waals surface area contributed by atoms with Crippen molar-refractivity contribution in [2.45, 2.75) is 31.7 Å². The van der Waals surface area contributed by atoms with Gasteiger partial charge in [0.2, 0.25) is 5.60 Å². The SMILES string of the molecule is CCn1cc(-c2cc(CCO)c3c(c2)C(O)(C(F)(F)F)c2ccccc2-3)cn1. The largest absolute Gasteiger partial charge is 0.425 e. The molecule has 146 valence electrons. The maximum atomic E-state index is 14.1. The molecular formula is C21H19F3N2O2. The molecule has 0 amide bonds. The van der Waals surface area contributed by atoms with Crippen LogP contribution in [0.2, 0.25) is 0 Å². The quantitative estimate of drug-likeness (QED) is 0.713. The zero-order valence-electron chi connectivity index (χ0n) is 15.2. The fourth-order valence-electron chi connectivity index (χ4n) is 3.94. The third-order valence-corrected chi connectivity index (χ3v) is 5.28. The summed E-state index contributed by atoms with van der Waals surface area (Å²) >= 11 is 0. The van der Waals surface area contributed by atoms with Crippen LogP contribution in [0, 0.1) is 0 Å². The van der Waals surface area contributed by atoms with E-state index in [9.17, 15) is 23.4 Å². The number of hydrogen-bond donors (Lipinski definition) is 2. The van der Waals surface area contributed by atoms with Gasteiger partial charge in [-0.25, -0.2) is 0 Å². The Kier molecular flexibility index (Phi) is 4.32. The maximum Gasteiger partial charge on any atom is 0.425 e. The van der Waals surface area contributed by atoms with E-state index < -0.39 is 11.8 Å². The summed E-state index contributed by atoms with van der Waals surface area (Å²) in [4.78, 5) is 0. The van der Waals surface area contributed by atoms with E-state index in [2.05, 4.69) is 5.10 Å². The smallest absolute Gasteiger partial charge is 0.396 e. The van der Waals surface area contributed by atoms with Gasteiger partial charge in [-0.1, -0.05) is 30.3 Å². The first-order chi connectivity index (χ1) is 13.3. The Morgan fingerprint density at radius 1 is 1.11 bits per heavy atom. The highest BCUT2D eigenvalue weighted by Gasteiger charge is 2.61. The Morgan fingerprint density at radius 3 is 2.50 bits per heavy atom. The molecule has 0 fully saturated rings. The van der Waals surface area contributed by atoms with Crippen molar-refractivity contribution in [3.05, 3.63) is 65.5 Å². The van der Waals surface area contributed by atoms with Crippen LogP contribution in [0.4, 0.5) is 13.2 Å². The van der Waals surface area contributed by atoms with Gasteiger partial charge in [0.1, 0.15) is 0 Å². The van der Waals surface area contributed by atoms with Gasteiger partial charge in [0.15, 0.2) is 0 Å². The van der Waals surface area contributed by atoms with E-state index in [-0.39, 0.29) is 24.2 Å². The van der Waals surface area contributed by atoms with Gasteiger partial charge >= 0.3 is 6.18 Å². The van der Waals surface area contributed by atoms with Gasteiger partial charge in [-0.15, -0.1) is 0 Å². The van der Waals surface area contributed by atoms with E-state index in [1.165, 1.54) is 18.2 Å². The molecule has 2 N–H and O–H groups in total. The number of alkyl halides is 3. The third-order valence-electron chi connectivity index (χ3n) is 5.28. The average Bonchev–Trinajstić information content (AvgIpc) is 3.24. The lowest BCUT2D eigenvalue weighted by atomic mass is 9.87. The van der Waals surface area contributed by atoms with E-state index in [4.69, 9.17) is 0 Å². The topological polar surface area (TPSA) is 58.3 Å². The average molecular weight is 388 g/mol. The summed E-state index contributed by atoms with van der Waals surface area (Å²) in [7, 11) is 0. The molecule has 1 atom stereocenters. The number of halogens is 3. The highest BCUT2D eigenvalue weighted by molar-refractivity contribution is 5.86. The number of aliphatic hydroxyl groups is 2. The van der Waals surface area contributed by atoms with Crippen LogP contribution in [0.5, 0.6) is 0 Å². The van der Waals surface area contributed by atoms with E-state index >= 15 is 0 Å². The Labute approximate surface area is 159 Å². The number of nitrogens with zero attached hydrogens (tertiary/aromatic N) is 2. The van der Waals surface area contributed by atoms with Crippen LogP contribution in [0.15, 0.2) is 48.8 Å². The van der Waals surface area contributed by atoms with Gasteiger partial charge in [-0.05, 0) is 41.7 Å². The molecule has 0 saturated heterocycles. The minimum atomic E-state index is -4.89. The first-order valence-corrected chi connectivity index (χ1v) is 9.01. The lowest BCUT2D eigenvalue weighted by Crippen LogP contribution is -2.41. The summed E-state index contributed by atoms with van der Waals surface area (Å²) in [6.45, 7) is 2.33. The van der Waals surface area contributed by atoms with Gasteiger partial charge in [0, 0.05) is 36.0 Å². The summed E-state index contributed by atoms with van der Waals surface area (Å²) in [6, 6.07) is 9.17. The van der Waals surface area contributed by atoms with E-state index in [0.717, 1.165) is 0 Å². The molecule has 0 radical (unpaired) electrons. The van der Waals surface area contributed by atoms with E-state index in [1.807, 2.05) is 6.92 Å². The normalized spacial score (nSPS) is 18.2. The lowest BCUT2D eigenvalue weighted by molar-refractivity contribution is -0.246. The van der Waals surface area contributed by atoms with Crippen LogP contribution in [-0.4, -0.2) is 32.8 Å². The van der Waals surface area contributed by atoms with Crippen LogP contribution in [0.3, 0.4) is 0 Å². The molecule has 7 heteroatoms. The number of hydrogen-bond acceptors (Lipinski definition) is 3. The molecule has 28 heavy (non-hydrogen) atoms. The molecule has 1 aliphatic carbocycles. The molecule has 1 aromatic heterocycles. The fourth-order valence-corrected chi connectivity index (χ4v) is 3.94. The number of benzene rings is 2. The second-order valence-corrected chi connectivity index (χ2v) is 6.87. The molecule has 0 spiro atoms. The van der Waals surface area contributed by atoms with Crippen molar-refractivity contribution in [3.8, 4) is 22.3 Å².